The molecule has 0 aliphatic rings. The van der Waals surface area contributed by atoms with Crippen LogP contribution in [0.5, 0.6) is 0 Å². The molecule has 0 atom stereocenters. The summed E-state index contributed by atoms with van der Waals surface area (Å²) in [5.74, 6) is 10.0. The summed E-state index contributed by atoms with van der Waals surface area (Å²) >= 11 is 0. The summed E-state index contributed by atoms with van der Waals surface area (Å²) in [4.78, 5) is 0. The molecule has 1 rings (SSSR count). The second-order valence-corrected chi connectivity index (χ2v) is 2.02. The predicted octanol–water partition coefficient (Wildman–Crippen LogP) is 0.150. The van der Waals surface area contributed by atoms with Gasteiger partial charge in [-0.1, -0.05) is 0 Å². The van der Waals surface area contributed by atoms with Crippen LogP contribution in [0.4, 0.5) is 11.4 Å². The van der Waals surface area contributed by atoms with Gasteiger partial charge in [0.2, 0.25) is 0 Å². The number of rotatable bonds is 2. The lowest BCUT2D eigenvalue weighted by atomic mass is 10.3. The molecule has 0 aliphatic heterocycles. The maximum atomic E-state index is 10.5. The van der Waals surface area contributed by atoms with Gasteiger partial charge in [-0.15, -0.1) is 0 Å². The Morgan fingerprint density at radius 3 is 2.18 bits per heavy atom. The zero-order valence-corrected chi connectivity index (χ0v) is 5.82. The number of hydrogen-bond donors (Lipinski definition) is 3. The molecule has 0 saturated heterocycles. The number of nitrogens with two attached hydrogens (primary N) is 2. The van der Waals surface area contributed by atoms with Gasteiger partial charge in [-0.05, 0) is 24.3 Å². The van der Waals surface area contributed by atoms with Gasteiger partial charge in [-0.2, -0.15) is 0 Å². The van der Waals surface area contributed by atoms with Crippen LogP contribution in [0.25, 0.3) is 0 Å². The molecule has 1 aromatic rings. The third kappa shape index (κ3) is 1.81. The molecule has 60 valence electrons. The molecule has 11 heavy (non-hydrogen) atoms. The summed E-state index contributed by atoms with van der Waals surface area (Å²) in [5.41, 5.74) is 3.56. The summed E-state index contributed by atoms with van der Waals surface area (Å²) < 4.78 is 0. The molecule has 1 aromatic carbocycles. The lowest BCUT2D eigenvalue weighted by Crippen LogP contribution is -2.22. The normalized spacial score (nSPS) is 9.36. The van der Waals surface area contributed by atoms with Crippen LogP contribution < -0.4 is 22.3 Å². The summed E-state index contributed by atoms with van der Waals surface area (Å²) in [6.45, 7) is 0. The molecule has 0 spiro atoms. The first kappa shape index (κ1) is 7.80. The van der Waals surface area contributed by atoms with E-state index < -0.39 is 0 Å². The molecule has 0 heterocycles. The fourth-order valence-electron chi connectivity index (χ4n) is 0.705. The zero-order valence-electron chi connectivity index (χ0n) is 5.82. The minimum atomic E-state index is 0.292. The van der Waals surface area contributed by atoms with Crippen LogP contribution in [0.3, 0.4) is 0 Å². The Labute approximate surface area is 64.1 Å². The van der Waals surface area contributed by atoms with Gasteiger partial charge in [0.25, 0.3) is 0 Å². The van der Waals surface area contributed by atoms with Gasteiger partial charge in [-0.3, -0.25) is 11.7 Å². The molecule has 0 saturated carbocycles. The number of anilines is 2. The molecule has 0 aromatic heterocycles. The summed E-state index contributed by atoms with van der Waals surface area (Å²) in [6, 6.07) is 6.46. The summed E-state index contributed by atoms with van der Waals surface area (Å²) in [7, 11) is 0. The first-order valence-electron chi connectivity index (χ1n) is 3.02. The maximum absolute atomic E-state index is 10.5. The smallest absolute Gasteiger partial charge is 0.0486 e. The van der Waals surface area contributed by atoms with Crippen LogP contribution >= 0.6 is 0 Å². The van der Waals surface area contributed by atoms with E-state index in [-0.39, 0.29) is 0 Å². The van der Waals surface area contributed by atoms with Crippen molar-refractivity contribution in [3.05, 3.63) is 29.5 Å². The van der Waals surface area contributed by atoms with Gasteiger partial charge in [0.1, 0.15) is 0 Å². The molecular weight excluding hydrogens is 144 g/mol. The highest BCUT2D eigenvalue weighted by atomic mass is 16.5. The highest BCUT2D eigenvalue weighted by molar-refractivity contribution is 5.54. The van der Waals surface area contributed by atoms with Crippen molar-refractivity contribution in [2.24, 2.45) is 11.7 Å². The van der Waals surface area contributed by atoms with Crippen LogP contribution in [0.2, 0.25) is 0 Å². The molecule has 0 unspecified atom stereocenters. The Bertz CT molecular complexity index is 221. The van der Waals surface area contributed by atoms with Crippen molar-refractivity contribution in [1.29, 1.82) is 0 Å². The number of nitrogens with zero attached hydrogens (tertiary/aromatic N) is 1. The Morgan fingerprint density at radius 1 is 1.27 bits per heavy atom. The highest BCUT2D eigenvalue weighted by Crippen LogP contribution is 2.13. The summed E-state index contributed by atoms with van der Waals surface area (Å²) in [6.07, 6.45) is 0. The van der Waals surface area contributed by atoms with Crippen LogP contribution in [0.15, 0.2) is 24.3 Å². The van der Waals surface area contributed by atoms with Crippen molar-refractivity contribution in [2.75, 3.05) is 10.6 Å². The number of benzene rings is 1. The molecule has 5 heteroatoms. The predicted molar refractivity (Wildman–Crippen MR) is 44.3 cm³/mol. The van der Waals surface area contributed by atoms with Gasteiger partial charge in [0, 0.05) is 11.4 Å². The van der Waals surface area contributed by atoms with Crippen LogP contribution in [-0.4, -0.2) is 0 Å². The maximum Gasteiger partial charge on any atom is 0.0486 e. The van der Waals surface area contributed by atoms with E-state index in [0.717, 1.165) is 5.69 Å². The van der Waals surface area contributed by atoms with Gasteiger partial charge >= 0.3 is 0 Å². The Hall–Kier alpha value is -1.30. The van der Waals surface area contributed by atoms with Crippen molar-refractivity contribution in [1.82, 2.24) is 0 Å². The van der Waals surface area contributed by atoms with E-state index in [1.807, 2.05) is 0 Å². The first-order chi connectivity index (χ1) is 5.24. The largest absolute Gasteiger partial charge is 0.743 e. The number of nitrogen functional groups attached to an aromatic ring is 1. The van der Waals surface area contributed by atoms with E-state index in [4.69, 9.17) is 11.7 Å². The SMILES string of the molecule is NNc1ccc(N(N)[O-])cc1. The topological polar surface area (TPSA) is 90.4 Å². The molecule has 0 bridgehead atoms. The van der Waals surface area contributed by atoms with E-state index in [9.17, 15) is 5.21 Å². The molecule has 0 fully saturated rings. The van der Waals surface area contributed by atoms with Crippen LogP contribution in [-0.2, 0) is 0 Å². The standard InChI is InChI=1S/C6H9N4O/c7-9-5-1-3-6(4-2-5)10(8)11/h1-4,9H,7-8H2/q-1. The van der Waals surface area contributed by atoms with E-state index >= 15 is 0 Å². The Morgan fingerprint density at radius 2 is 1.82 bits per heavy atom. The average Bonchev–Trinajstić information content (AvgIpc) is 2.05. The molecule has 0 aliphatic carbocycles. The molecule has 5 N–H and O–H groups in total. The second kappa shape index (κ2) is 3.20. The van der Waals surface area contributed by atoms with Gasteiger partial charge in [0.15, 0.2) is 0 Å². The van der Waals surface area contributed by atoms with Gasteiger partial charge in [0.05, 0.1) is 0 Å². The number of hydrogen-bond acceptors (Lipinski definition) is 5. The van der Waals surface area contributed by atoms with Crippen LogP contribution in [0.1, 0.15) is 0 Å². The van der Waals surface area contributed by atoms with Crippen molar-refractivity contribution >= 4 is 11.4 Å². The highest BCUT2D eigenvalue weighted by Gasteiger charge is 1.90. The fourth-order valence-corrected chi connectivity index (χ4v) is 0.705. The van der Waals surface area contributed by atoms with Gasteiger partial charge < -0.3 is 15.8 Å². The zero-order chi connectivity index (χ0) is 8.27. The van der Waals surface area contributed by atoms with E-state index in [1.165, 1.54) is 0 Å². The number of hydrazine groups is 2. The van der Waals surface area contributed by atoms with E-state index in [2.05, 4.69) is 5.43 Å². The van der Waals surface area contributed by atoms with Crippen molar-refractivity contribution < 1.29 is 0 Å². The average molecular weight is 153 g/mol. The van der Waals surface area contributed by atoms with E-state index in [1.54, 1.807) is 24.3 Å². The lowest BCUT2D eigenvalue weighted by molar-refractivity contribution is 1.09. The molecule has 0 radical (unpaired) electrons. The molecular formula is C6H9N4O-. The van der Waals surface area contributed by atoms with Crippen molar-refractivity contribution in [3.8, 4) is 0 Å². The minimum absolute atomic E-state index is 0.292. The van der Waals surface area contributed by atoms with Gasteiger partial charge in [-0.25, -0.2) is 0 Å². The van der Waals surface area contributed by atoms with Crippen molar-refractivity contribution in [3.63, 3.8) is 0 Å². The van der Waals surface area contributed by atoms with Crippen LogP contribution in [0, 0.1) is 5.21 Å². The fraction of sp³-hybridized carbons (Fsp3) is 0. The summed E-state index contributed by atoms with van der Waals surface area (Å²) in [5, 5.41) is 10.8. The van der Waals surface area contributed by atoms with E-state index in [0.29, 0.717) is 10.9 Å². The first-order valence-corrected chi connectivity index (χ1v) is 3.02. The molecule has 0 amide bonds. The Balaban J connectivity index is 2.83. The minimum Gasteiger partial charge on any atom is -0.743 e. The second-order valence-electron chi connectivity index (χ2n) is 2.02. The third-order valence-corrected chi connectivity index (χ3v) is 1.29. The lowest BCUT2D eigenvalue weighted by Gasteiger charge is -2.23. The number of nitrogens with one attached hydrogen (secondary N) is 1. The molecule has 5 nitrogen and oxygen atoms in total. The quantitative estimate of drug-likeness (QED) is 0.415. The third-order valence-electron chi connectivity index (χ3n) is 1.29. The Kier molecular flexibility index (Phi) is 2.27. The monoisotopic (exact) mass is 153 g/mol. The van der Waals surface area contributed by atoms with Crippen molar-refractivity contribution in [2.45, 2.75) is 0 Å².